The highest BCUT2D eigenvalue weighted by molar-refractivity contribution is 9.10. The zero-order valence-corrected chi connectivity index (χ0v) is 17.3. The summed E-state index contributed by atoms with van der Waals surface area (Å²) in [5.41, 5.74) is 4.04. The van der Waals surface area contributed by atoms with Crippen LogP contribution in [0, 0.1) is 6.92 Å². The van der Waals surface area contributed by atoms with Crippen LogP contribution in [-0.4, -0.2) is 11.9 Å². The first kappa shape index (κ1) is 19.2. The van der Waals surface area contributed by atoms with Gasteiger partial charge in [-0.2, -0.15) is 0 Å². The van der Waals surface area contributed by atoms with E-state index in [1.54, 1.807) is 6.08 Å². The molecule has 0 fully saturated rings. The number of halogens is 1. The summed E-state index contributed by atoms with van der Waals surface area (Å²) in [4.78, 5) is 16.7. The van der Waals surface area contributed by atoms with Crippen LogP contribution >= 0.6 is 15.9 Å². The molecule has 1 heterocycles. The molecule has 0 bridgehead atoms. The third kappa shape index (κ3) is 4.63. The number of aliphatic imine (C=N–C) groups is 1. The summed E-state index contributed by atoms with van der Waals surface area (Å²) in [7, 11) is 0. The van der Waals surface area contributed by atoms with Gasteiger partial charge in [0.1, 0.15) is 12.4 Å². The third-order valence-corrected chi connectivity index (χ3v) is 4.97. The van der Waals surface area contributed by atoms with Crippen LogP contribution in [0.15, 0.2) is 88.0 Å². The Kier molecular flexibility index (Phi) is 5.58. The molecule has 5 heteroatoms. The van der Waals surface area contributed by atoms with Gasteiger partial charge in [-0.05, 0) is 48.9 Å². The number of benzene rings is 3. The molecule has 0 saturated heterocycles. The summed E-state index contributed by atoms with van der Waals surface area (Å²) in [5.74, 6) is 0.503. The molecule has 1 aliphatic rings. The number of aryl methyl sites for hydroxylation is 1. The van der Waals surface area contributed by atoms with E-state index in [1.165, 1.54) is 5.56 Å². The van der Waals surface area contributed by atoms with E-state index in [0.717, 1.165) is 21.2 Å². The van der Waals surface area contributed by atoms with Gasteiger partial charge in [-0.3, -0.25) is 0 Å². The second-order valence-electron chi connectivity index (χ2n) is 6.66. The number of carbonyl (C=O) groups excluding carboxylic acids is 1. The normalized spacial score (nSPS) is 14.6. The molecule has 0 N–H and O–H groups in total. The SMILES string of the molecule is Cc1ccc(COc2ccccc2/C=C2\N=C(c3ccc(Br)cc3)OC2=O)cc1. The predicted molar refractivity (Wildman–Crippen MR) is 117 cm³/mol. The van der Waals surface area contributed by atoms with Crippen molar-refractivity contribution in [3.05, 3.63) is 105 Å². The van der Waals surface area contributed by atoms with Crippen molar-refractivity contribution < 1.29 is 14.3 Å². The van der Waals surface area contributed by atoms with Gasteiger partial charge in [0.05, 0.1) is 0 Å². The van der Waals surface area contributed by atoms with Crippen LogP contribution in [0.5, 0.6) is 5.75 Å². The average molecular weight is 448 g/mol. The number of esters is 1. The fourth-order valence-corrected chi connectivity index (χ4v) is 3.11. The first-order valence-electron chi connectivity index (χ1n) is 9.14. The van der Waals surface area contributed by atoms with E-state index in [4.69, 9.17) is 9.47 Å². The van der Waals surface area contributed by atoms with Crippen molar-refractivity contribution in [3.8, 4) is 5.75 Å². The van der Waals surface area contributed by atoms with E-state index in [0.29, 0.717) is 18.3 Å². The summed E-state index contributed by atoms with van der Waals surface area (Å²) < 4.78 is 12.3. The van der Waals surface area contributed by atoms with Crippen molar-refractivity contribution in [3.63, 3.8) is 0 Å². The average Bonchev–Trinajstić information content (AvgIpc) is 3.09. The smallest absolute Gasteiger partial charge is 0.363 e. The monoisotopic (exact) mass is 447 g/mol. The van der Waals surface area contributed by atoms with Gasteiger partial charge in [-0.15, -0.1) is 0 Å². The number of para-hydroxylation sites is 1. The lowest BCUT2D eigenvalue weighted by Crippen LogP contribution is -2.05. The quantitative estimate of drug-likeness (QED) is 0.373. The van der Waals surface area contributed by atoms with E-state index in [1.807, 2.05) is 60.7 Å². The van der Waals surface area contributed by atoms with Crippen molar-refractivity contribution in [2.24, 2.45) is 4.99 Å². The second-order valence-corrected chi connectivity index (χ2v) is 7.57. The number of hydrogen-bond donors (Lipinski definition) is 0. The number of nitrogens with zero attached hydrogens (tertiary/aromatic N) is 1. The molecule has 29 heavy (non-hydrogen) atoms. The van der Waals surface area contributed by atoms with Crippen LogP contribution in [0.4, 0.5) is 0 Å². The van der Waals surface area contributed by atoms with Gasteiger partial charge < -0.3 is 9.47 Å². The maximum atomic E-state index is 12.3. The maximum Gasteiger partial charge on any atom is 0.363 e. The highest BCUT2D eigenvalue weighted by Gasteiger charge is 2.24. The molecule has 0 aliphatic carbocycles. The Hall–Kier alpha value is -3.18. The highest BCUT2D eigenvalue weighted by Crippen LogP contribution is 2.26. The minimum atomic E-state index is -0.476. The Labute approximate surface area is 177 Å². The summed E-state index contributed by atoms with van der Waals surface area (Å²) in [6, 6.07) is 23.2. The van der Waals surface area contributed by atoms with E-state index in [9.17, 15) is 4.79 Å². The molecule has 1 aliphatic heterocycles. The fourth-order valence-electron chi connectivity index (χ4n) is 2.85. The number of carbonyl (C=O) groups is 1. The van der Waals surface area contributed by atoms with Gasteiger partial charge in [0.25, 0.3) is 0 Å². The first-order chi connectivity index (χ1) is 14.1. The minimum absolute atomic E-state index is 0.245. The van der Waals surface area contributed by atoms with E-state index >= 15 is 0 Å². The Morgan fingerprint density at radius 3 is 2.48 bits per heavy atom. The summed E-state index contributed by atoms with van der Waals surface area (Å²) >= 11 is 3.39. The molecule has 0 spiro atoms. The maximum absolute atomic E-state index is 12.3. The molecule has 4 nitrogen and oxygen atoms in total. The highest BCUT2D eigenvalue weighted by atomic mass is 79.9. The van der Waals surface area contributed by atoms with Crippen LogP contribution in [0.3, 0.4) is 0 Å². The molecular weight excluding hydrogens is 430 g/mol. The van der Waals surface area contributed by atoms with Gasteiger partial charge in [-0.1, -0.05) is 64.0 Å². The lowest BCUT2D eigenvalue weighted by Gasteiger charge is -2.09. The third-order valence-electron chi connectivity index (χ3n) is 4.44. The van der Waals surface area contributed by atoms with Crippen molar-refractivity contribution in [2.45, 2.75) is 13.5 Å². The zero-order valence-electron chi connectivity index (χ0n) is 15.8. The second kappa shape index (κ2) is 8.45. The molecule has 3 aromatic carbocycles. The van der Waals surface area contributed by atoms with Crippen LogP contribution in [0.25, 0.3) is 6.08 Å². The van der Waals surface area contributed by atoms with Gasteiger partial charge in [0.15, 0.2) is 5.70 Å². The number of rotatable bonds is 5. The topological polar surface area (TPSA) is 47.9 Å². The number of hydrogen-bond acceptors (Lipinski definition) is 4. The summed E-state index contributed by atoms with van der Waals surface area (Å²) in [5, 5.41) is 0. The van der Waals surface area contributed by atoms with Gasteiger partial charge in [0.2, 0.25) is 5.90 Å². The van der Waals surface area contributed by atoms with E-state index in [2.05, 4.69) is 40.0 Å². The van der Waals surface area contributed by atoms with E-state index < -0.39 is 5.97 Å². The van der Waals surface area contributed by atoms with Crippen LogP contribution < -0.4 is 4.74 Å². The number of ether oxygens (including phenoxy) is 2. The summed E-state index contributed by atoms with van der Waals surface area (Å²) in [6.45, 7) is 2.49. The molecule has 144 valence electrons. The lowest BCUT2D eigenvalue weighted by molar-refractivity contribution is -0.129. The molecule has 0 amide bonds. The molecule has 0 radical (unpaired) electrons. The van der Waals surface area contributed by atoms with Crippen LogP contribution in [0.2, 0.25) is 0 Å². The Balaban J connectivity index is 1.56. The standard InChI is InChI=1S/C24H18BrNO3/c1-16-6-8-17(9-7-16)15-28-22-5-3-2-4-19(22)14-21-24(27)29-23(26-21)18-10-12-20(25)13-11-18/h2-14H,15H2,1H3/b21-14-. The summed E-state index contributed by atoms with van der Waals surface area (Å²) in [6.07, 6.45) is 1.69. The van der Waals surface area contributed by atoms with Gasteiger partial charge in [0, 0.05) is 15.6 Å². The minimum Gasteiger partial charge on any atom is -0.488 e. The van der Waals surface area contributed by atoms with Crippen LogP contribution in [0.1, 0.15) is 22.3 Å². The zero-order chi connectivity index (χ0) is 20.2. The lowest BCUT2D eigenvalue weighted by atomic mass is 10.1. The Bertz CT molecular complexity index is 1100. The van der Waals surface area contributed by atoms with E-state index in [-0.39, 0.29) is 5.70 Å². The van der Waals surface area contributed by atoms with Crippen LogP contribution in [-0.2, 0) is 16.1 Å². The molecule has 0 unspecified atom stereocenters. The van der Waals surface area contributed by atoms with Crippen molar-refractivity contribution in [1.82, 2.24) is 0 Å². The molecular formula is C24H18BrNO3. The molecule has 0 aromatic heterocycles. The van der Waals surface area contributed by atoms with Gasteiger partial charge >= 0.3 is 5.97 Å². The van der Waals surface area contributed by atoms with Gasteiger partial charge in [-0.25, -0.2) is 9.79 Å². The molecule has 3 aromatic rings. The largest absolute Gasteiger partial charge is 0.488 e. The molecule has 4 rings (SSSR count). The first-order valence-corrected chi connectivity index (χ1v) is 9.94. The molecule has 0 saturated carbocycles. The molecule has 0 atom stereocenters. The van der Waals surface area contributed by atoms with Crippen molar-refractivity contribution in [2.75, 3.05) is 0 Å². The van der Waals surface area contributed by atoms with Crippen molar-refractivity contribution >= 4 is 33.9 Å². The number of cyclic esters (lactones) is 1. The Morgan fingerprint density at radius 1 is 1.00 bits per heavy atom. The van der Waals surface area contributed by atoms with Crippen molar-refractivity contribution in [1.29, 1.82) is 0 Å². The predicted octanol–water partition coefficient (Wildman–Crippen LogP) is 5.68. The Morgan fingerprint density at radius 2 is 1.72 bits per heavy atom. The fraction of sp³-hybridized carbons (Fsp3) is 0.0833.